The molecule has 5 rings (SSSR count). The first-order valence-corrected chi connectivity index (χ1v) is 10.7. The van der Waals surface area contributed by atoms with E-state index in [4.69, 9.17) is 4.74 Å². The highest BCUT2D eigenvalue weighted by atomic mass is 19.1. The van der Waals surface area contributed by atoms with Gasteiger partial charge in [-0.1, -0.05) is 30.3 Å². The first-order chi connectivity index (χ1) is 16.2. The average Bonchev–Trinajstić information content (AvgIpc) is 3.17. The van der Waals surface area contributed by atoms with E-state index in [-0.39, 0.29) is 23.2 Å². The van der Waals surface area contributed by atoms with E-state index in [1.807, 2.05) is 4.57 Å². The molecule has 0 N–H and O–H groups in total. The fourth-order valence-electron chi connectivity index (χ4n) is 4.76. The van der Waals surface area contributed by atoms with Crippen molar-refractivity contribution in [1.82, 2.24) is 13.7 Å². The van der Waals surface area contributed by atoms with E-state index in [9.17, 15) is 24.1 Å². The summed E-state index contributed by atoms with van der Waals surface area (Å²) >= 11 is 0. The van der Waals surface area contributed by atoms with Crippen LogP contribution in [-0.4, -0.2) is 25.2 Å². The number of ether oxygens (including phenoxy) is 1. The van der Waals surface area contributed by atoms with Crippen molar-refractivity contribution in [2.45, 2.75) is 19.6 Å². The third-order valence-corrected chi connectivity index (χ3v) is 6.42. The first-order valence-electron chi connectivity index (χ1n) is 10.7. The third kappa shape index (κ3) is 3.02. The molecule has 0 bridgehead atoms. The summed E-state index contributed by atoms with van der Waals surface area (Å²) in [6, 6.07) is 10.9. The maximum absolute atomic E-state index is 14.8. The van der Waals surface area contributed by atoms with Crippen LogP contribution in [0.15, 0.2) is 52.1 Å². The van der Waals surface area contributed by atoms with E-state index in [1.54, 1.807) is 44.3 Å². The predicted octanol–water partition coefficient (Wildman–Crippen LogP) is 3.18. The minimum atomic E-state index is -0.871. The van der Waals surface area contributed by atoms with E-state index >= 15 is 0 Å². The molecule has 0 spiro atoms. The van der Waals surface area contributed by atoms with E-state index < -0.39 is 28.1 Å². The van der Waals surface area contributed by atoms with Crippen LogP contribution < -0.4 is 11.2 Å². The molecule has 0 amide bonds. The van der Waals surface area contributed by atoms with Crippen molar-refractivity contribution in [1.29, 1.82) is 0 Å². The van der Waals surface area contributed by atoms with E-state index in [1.165, 1.54) is 23.7 Å². The van der Waals surface area contributed by atoms with Crippen LogP contribution in [0.5, 0.6) is 0 Å². The SMILES string of the molecule is Cc1ccc(-c2c3c(=O)n(C)c(=O)n(C)c3c3n2CCO[C@@H]3c2ccccc2F)cc1[N+](=O)[O-]. The molecule has 3 heterocycles. The van der Waals surface area contributed by atoms with Gasteiger partial charge in [0.15, 0.2) is 0 Å². The van der Waals surface area contributed by atoms with E-state index in [0.717, 1.165) is 4.57 Å². The van der Waals surface area contributed by atoms with Crippen LogP contribution in [0, 0.1) is 22.9 Å². The van der Waals surface area contributed by atoms with Crippen molar-refractivity contribution in [3.8, 4) is 11.3 Å². The van der Waals surface area contributed by atoms with Gasteiger partial charge in [0.1, 0.15) is 11.9 Å². The molecule has 0 aliphatic carbocycles. The van der Waals surface area contributed by atoms with Crippen molar-refractivity contribution < 1.29 is 14.1 Å². The molecule has 2 aromatic heterocycles. The van der Waals surface area contributed by atoms with Crippen molar-refractivity contribution >= 4 is 16.6 Å². The normalized spacial score (nSPS) is 15.5. The lowest BCUT2D eigenvalue weighted by molar-refractivity contribution is -0.385. The quantitative estimate of drug-likeness (QED) is 0.342. The summed E-state index contributed by atoms with van der Waals surface area (Å²) in [4.78, 5) is 37.4. The molecule has 1 aliphatic rings. The third-order valence-electron chi connectivity index (χ3n) is 6.42. The van der Waals surface area contributed by atoms with Gasteiger partial charge in [0.05, 0.1) is 33.8 Å². The molecule has 1 atom stereocenters. The second-order valence-electron chi connectivity index (χ2n) is 8.35. The fraction of sp³-hybridized carbons (Fsp3) is 0.250. The number of nitro groups is 1. The number of nitro benzene ring substituents is 1. The Morgan fingerprint density at radius 1 is 1.12 bits per heavy atom. The van der Waals surface area contributed by atoms with Gasteiger partial charge in [-0.15, -0.1) is 0 Å². The van der Waals surface area contributed by atoms with Crippen LogP contribution in [0.25, 0.3) is 22.2 Å². The molecule has 2 aromatic carbocycles. The van der Waals surface area contributed by atoms with Crippen molar-refractivity contribution in [3.63, 3.8) is 0 Å². The van der Waals surface area contributed by atoms with Gasteiger partial charge in [0, 0.05) is 43.4 Å². The van der Waals surface area contributed by atoms with Gasteiger partial charge in [-0.25, -0.2) is 9.18 Å². The number of aryl methyl sites for hydroxylation is 2. The summed E-state index contributed by atoms with van der Waals surface area (Å²) in [7, 11) is 2.92. The van der Waals surface area contributed by atoms with E-state index in [0.29, 0.717) is 34.6 Å². The number of hydrogen-bond acceptors (Lipinski definition) is 5. The molecule has 34 heavy (non-hydrogen) atoms. The zero-order valence-corrected chi connectivity index (χ0v) is 18.7. The highest BCUT2D eigenvalue weighted by Crippen LogP contribution is 2.41. The minimum Gasteiger partial charge on any atom is -0.365 e. The monoisotopic (exact) mass is 464 g/mol. The second kappa shape index (κ2) is 7.77. The molecule has 4 aromatic rings. The highest BCUT2D eigenvalue weighted by Gasteiger charge is 2.34. The number of benzene rings is 2. The molecule has 1 aliphatic heterocycles. The Morgan fingerprint density at radius 3 is 2.56 bits per heavy atom. The van der Waals surface area contributed by atoms with Gasteiger partial charge in [0.2, 0.25) is 0 Å². The number of hydrogen-bond donors (Lipinski definition) is 0. The number of fused-ring (bicyclic) bond motifs is 3. The smallest absolute Gasteiger partial charge is 0.331 e. The molecular weight excluding hydrogens is 443 g/mol. The maximum atomic E-state index is 14.8. The maximum Gasteiger partial charge on any atom is 0.331 e. The summed E-state index contributed by atoms with van der Waals surface area (Å²) in [6.07, 6.45) is -0.871. The number of aromatic nitrogens is 3. The Bertz CT molecular complexity index is 1610. The van der Waals surface area contributed by atoms with Crippen LogP contribution >= 0.6 is 0 Å². The summed E-state index contributed by atoms with van der Waals surface area (Å²) in [6.45, 7) is 2.18. The number of rotatable bonds is 3. The molecule has 0 saturated heterocycles. The van der Waals surface area contributed by atoms with Gasteiger partial charge in [0.25, 0.3) is 11.2 Å². The molecular formula is C24H21FN4O5. The molecule has 0 unspecified atom stereocenters. The van der Waals surface area contributed by atoms with Crippen molar-refractivity contribution in [2.75, 3.05) is 6.61 Å². The minimum absolute atomic E-state index is 0.0828. The van der Waals surface area contributed by atoms with Gasteiger partial charge in [-0.2, -0.15) is 0 Å². The fourth-order valence-corrected chi connectivity index (χ4v) is 4.76. The molecule has 0 saturated carbocycles. The average molecular weight is 464 g/mol. The lowest BCUT2D eigenvalue weighted by atomic mass is 10.0. The van der Waals surface area contributed by atoms with Crippen LogP contribution in [-0.2, 0) is 25.4 Å². The second-order valence-corrected chi connectivity index (χ2v) is 8.35. The Balaban J connectivity index is 1.96. The van der Waals surface area contributed by atoms with Crippen LogP contribution in [0.1, 0.15) is 22.9 Å². The summed E-state index contributed by atoms with van der Waals surface area (Å²) < 4.78 is 25.0. The Kier molecular flexibility index (Phi) is 4.98. The van der Waals surface area contributed by atoms with Crippen LogP contribution in [0.2, 0.25) is 0 Å². The topological polar surface area (TPSA) is 101 Å². The van der Waals surface area contributed by atoms with Crippen molar-refractivity contribution in [3.05, 3.63) is 96.1 Å². The van der Waals surface area contributed by atoms with Gasteiger partial charge in [-0.05, 0) is 13.0 Å². The molecule has 9 nitrogen and oxygen atoms in total. The van der Waals surface area contributed by atoms with E-state index in [2.05, 4.69) is 0 Å². The van der Waals surface area contributed by atoms with Gasteiger partial charge < -0.3 is 9.30 Å². The van der Waals surface area contributed by atoms with Crippen LogP contribution in [0.4, 0.5) is 10.1 Å². The zero-order valence-electron chi connectivity index (χ0n) is 18.7. The van der Waals surface area contributed by atoms with Crippen molar-refractivity contribution in [2.24, 2.45) is 14.1 Å². The Morgan fingerprint density at radius 2 is 1.85 bits per heavy atom. The Hall–Kier alpha value is -4.05. The molecule has 0 fully saturated rings. The first kappa shape index (κ1) is 21.8. The standard InChI is InChI=1S/C24H21FN4O5/c1-13-8-9-14(12-17(13)29(32)33)19-18-20(26(2)24(31)27(3)23(18)30)21-22(34-11-10-28(19)21)15-6-4-5-7-16(15)25/h4-9,12,22H,10-11H2,1-3H3/t22-/m1/s1. The largest absolute Gasteiger partial charge is 0.365 e. The Labute approximate surface area is 192 Å². The zero-order chi connectivity index (χ0) is 24.3. The molecule has 0 radical (unpaired) electrons. The lowest BCUT2D eigenvalue weighted by Gasteiger charge is -2.28. The predicted molar refractivity (Wildman–Crippen MR) is 123 cm³/mol. The highest BCUT2D eigenvalue weighted by molar-refractivity contribution is 5.97. The summed E-state index contributed by atoms with van der Waals surface area (Å²) in [5, 5.41) is 11.8. The molecule has 10 heteroatoms. The molecule has 174 valence electrons. The number of halogens is 1. The summed E-state index contributed by atoms with van der Waals surface area (Å²) in [5.41, 5.74) is 1.28. The number of nitrogens with zero attached hydrogens (tertiary/aromatic N) is 4. The lowest BCUT2D eigenvalue weighted by Crippen LogP contribution is -2.37. The van der Waals surface area contributed by atoms with Gasteiger partial charge in [-0.3, -0.25) is 24.0 Å². The summed E-state index contributed by atoms with van der Waals surface area (Å²) in [5.74, 6) is -0.475. The van der Waals surface area contributed by atoms with Crippen LogP contribution in [0.3, 0.4) is 0 Å². The van der Waals surface area contributed by atoms with Gasteiger partial charge >= 0.3 is 5.69 Å².